The molecule has 1 heterocycles. The molecule has 0 atom stereocenters. The SMILES string of the molecule is NCC1(C(=O)Nc2ccccc2-n2ccnc2)CC1. The molecule has 2 aromatic rings. The van der Waals surface area contributed by atoms with Gasteiger partial charge in [0, 0.05) is 18.9 Å². The van der Waals surface area contributed by atoms with Crippen LogP contribution in [0.25, 0.3) is 5.69 Å². The van der Waals surface area contributed by atoms with Crippen LogP contribution in [0.15, 0.2) is 43.0 Å². The molecule has 3 N–H and O–H groups in total. The summed E-state index contributed by atoms with van der Waals surface area (Å²) in [5.41, 5.74) is 7.02. The van der Waals surface area contributed by atoms with Crippen molar-refractivity contribution in [1.82, 2.24) is 9.55 Å². The Morgan fingerprint density at radius 1 is 1.42 bits per heavy atom. The summed E-state index contributed by atoms with van der Waals surface area (Å²) in [4.78, 5) is 16.3. The topological polar surface area (TPSA) is 72.9 Å². The molecule has 0 bridgehead atoms. The highest BCUT2D eigenvalue weighted by Gasteiger charge is 2.48. The number of hydrogen-bond acceptors (Lipinski definition) is 3. The van der Waals surface area contributed by atoms with Gasteiger partial charge in [0.05, 0.1) is 23.1 Å². The van der Waals surface area contributed by atoms with Crippen LogP contribution in [0.2, 0.25) is 0 Å². The molecule has 1 aliphatic carbocycles. The zero-order valence-electron chi connectivity index (χ0n) is 10.5. The summed E-state index contributed by atoms with van der Waals surface area (Å²) >= 11 is 0. The van der Waals surface area contributed by atoms with Crippen molar-refractivity contribution in [2.24, 2.45) is 11.1 Å². The second-order valence-corrected chi connectivity index (χ2v) is 4.93. The Hall–Kier alpha value is -2.14. The highest BCUT2D eigenvalue weighted by atomic mass is 16.2. The van der Waals surface area contributed by atoms with Gasteiger partial charge in [0.1, 0.15) is 0 Å². The zero-order chi connectivity index (χ0) is 13.3. The Balaban J connectivity index is 1.88. The molecule has 1 aromatic heterocycles. The largest absolute Gasteiger partial charge is 0.329 e. The average molecular weight is 256 g/mol. The number of rotatable bonds is 4. The molecule has 1 amide bonds. The summed E-state index contributed by atoms with van der Waals surface area (Å²) in [6.45, 7) is 0.409. The van der Waals surface area contributed by atoms with Crippen LogP contribution < -0.4 is 11.1 Å². The highest BCUT2D eigenvalue weighted by Crippen LogP contribution is 2.45. The van der Waals surface area contributed by atoms with Crippen LogP contribution in [0, 0.1) is 5.41 Å². The summed E-state index contributed by atoms with van der Waals surface area (Å²) in [5.74, 6) is 0.0163. The van der Waals surface area contributed by atoms with Crippen molar-refractivity contribution in [1.29, 1.82) is 0 Å². The fourth-order valence-electron chi connectivity index (χ4n) is 2.14. The lowest BCUT2D eigenvalue weighted by molar-refractivity contribution is -0.120. The van der Waals surface area contributed by atoms with Gasteiger partial charge in [-0.3, -0.25) is 4.79 Å². The van der Waals surface area contributed by atoms with Gasteiger partial charge in [0.25, 0.3) is 0 Å². The number of para-hydroxylation sites is 2. The second kappa shape index (κ2) is 4.51. The molecule has 98 valence electrons. The van der Waals surface area contributed by atoms with E-state index in [1.807, 2.05) is 35.0 Å². The third-order valence-corrected chi connectivity index (χ3v) is 3.66. The molecule has 0 aliphatic heterocycles. The Morgan fingerprint density at radius 2 is 2.21 bits per heavy atom. The van der Waals surface area contributed by atoms with E-state index in [9.17, 15) is 4.79 Å². The van der Waals surface area contributed by atoms with Crippen molar-refractivity contribution < 1.29 is 4.79 Å². The van der Waals surface area contributed by atoms with Gasteiger partial charge in [-0.2, -0.15) is 0 Å². The normalized spacial score (nSPS) is 16.1. The minimum absolute atomic E-state index is 0.0163. The molecule has 1 aromatic carbocycles. The number of aromatic nitrogens is 2. The molecular weight excluding hydrogens is 240 g/mol. The van der Waals surface area contributed by atoms with Gasteiger partial charge in [0.2, 0.25) is 5.91 Å². The predicted molar refractivity (Wildman–Crippen MR) is 72.9 cm³/mol. The molecule has 19 heavy (non-hydrogen) atoms. The zero-order valence-corrected chi connectivity index (χ0v) is 10.5. The van der Waals surface area contributed by atoms with E-state index in [0.717, 1.165) is 24.2 Å². The van der Waals surface area contributed by atoms with Crippen molar-refractivity contribution in [2.75, 3.05) is 11.9 Å². The first-order chi connectivity index (χ1) is 9.25. The molecule has 1 aliphatic rings. The lowest BCUT2D eigenvalue weighted by Gasteiger charge is -2.15. The van der Waals surface area contributed by atoms with Gasteiger partial charge in [-0.15, -0.1) is 0 Å². The van der Waals surface area contributed by atoms with E-state index in [1.165, 1.54) is 0 Å². The quantitative estimate of drug-likeness (QED) is 0.871. The van der Waals surface area contributed by atoms with Crippen LogP contribution in [0.3, 0.4) is 0 Å². The summed E-state index contributed by atoms with van der Waals surface area (Å²) in [6, 6.07) is 7.66. The highest BCUT2D eigenvalue weighted by molar-refractivity contribution is 5.98. The molecule has 0 saturated heterocycles. The third kappa shape index (κ3) is 2.13. The summed E-state index contributed by atoms with van der Waals surface area (Å²) in [6.07, 6.45) is 7.02. The number of carbonyl (C=O) groups excluding carboxylic acids is 1. The van der Waals surface area contributed by atoms with Gasteiger partial charge in [0.15, 0.2) is 0 Å². The number of nitrogens with zero attached hydrogens (tertiary/aromatic N) is 2. The van der Waals surface area contributed by atoms with E-state index in [-0.39, 0.29) is 11.3 Å². The van der Waals surface area contributed by atoms with E-state index >= 15 is 0 Å². The lowest BCUT2D eigenvalue weighted by Crippen LogP contribution is -2.31. The molecule has 5 heteroatoms. The summed E-state index contributed by atoms with van der Waals surface area (Å²) < 4.78 is 1.87. The van der Waals surface area contributed by atoms with Crippen molar-refractivity contribution in [2.45, 2.75) is 12.8 Å². The number of carbonyl (C=O) groups is 1. The Kier molecular flexibility index (Phi) is 2.83. The van der Waals surface area contributed by atoms with Crippen LogP contribution >= 0.6 is 0 Å². The smallest absolute Gasteiger partial charge is 0.231 e. The molecule has 0 spiro atoms. The molecule has 1 saturated carbocycles. The van der Waals surface area contributed by atoms with Crippen molar-refractivity contribution in [3.63, 3.8) is 0 Å². The van der Waals surface area contributed by atoms with Crippen LogP contribution in [-0.2, 0) is 4.79 Å². The van der Waals surface area contributed by atoms with Crippen molar-refractivity contribution >= 4 is 11.6 Å². The first kappa shape index (κ1) is 11.9. The number of benzene rings is 1. The van der Waals surface area contributed by atoms with Gasteiger partial charge in [-0.05, 0) is 25.0 Å². The number of imidazole rings is 1. The minimum atomic E-state index is -0.345. The van der Waals surface area contributed by atoms with Crippen LogP contribution in [0.4, 0.5) is 5.69 Å². The van der Waals surface area contributed by atoms with Crippen LogP contribution in [0.5, 0.6) is 0 Å². The van der Waals surface area contributed by atoms with Crippen molar-refractivity contribution in [3.05, 3.63) is 43.0 Å². The van der Waals surface area contributed by atoms with Gasteiger partial charge in [-0.1, -0.05) is 12.1 Å². The standard InChI is InChI=1S/C14H16N4O/c15-9-14(5-6-14)13(19)17-11-3-1-2-4-12(11)18-8-7-16-10-18/h1-4,7-8,10H,5-6,9,15H2,(H,17,19). The summed E-state index contributed by atoms with van der Waals surface area (Å²) in [7, 11) is 0. The maximum atomic E-state index is 12.2. The first-order valence-corrected chi connectivity index (χ1v) is 6.34. The molecule has 1 fully saturated rings. The van der Waals surface area contributed by atoms with Crippen LogP contribution in [-0.4, -0.2) is 22.0 Å². The monoisotopic (exact) mass is 256 g/mol. The van der Waals surface area contributed by atoms with Crippen LogP contribution in [0.1, 0.15) is 12.8 Å². The second-order valence-electron chi connectivity index (χ2n) is 4.93. The molecule has 0 radical (unpaired) electrons. The van der Waals surface area contributed by atoms with E-state index < -0.39 is 0 Å². The maximum absolute atomic E-state index is 12.2. The number of anilines is 1. The van der Waals surface area contributed by atoms with Gasteiger partial charge < -0.3 is 15.6 Å². The first-order valence-electron chi connectivity index (χ1n) is 6.34. The summed E-state index contributed by atoms with van der Waals surface area (Å²) in [5, 5.41) is 2.98. The Morgan fingerprint density at radius 3 is 2.84 bits per heavy atom. The van der Waals surface area contributed by atoms with E-state index in [0.29, 0.717) is 6.54 Å². The molecule has 3 rings (SSSR count). The number of amides is 1. The predicted octanol–water partition coefficient (Wildman–Crippen LogP) is 1.55. The molecular formula is C14H16N4O. The fourth-order valence-corrected chi connectivity index (χ4v) is 2.14. The van der Waals surface area contributed by atoms with Gasteiger partial charge in [-0.25, -0.2) is 4.98 Å². The fraction of sp³-hybridized carbons (Fsp3) is 0.286. The van der Waals surface area contributed by atoms with E-state index in [4.69, 9.17) is 5.73 Å². The minimum Gasteiger partial charge on any atom is -0.329 e. The molecule has 0 unspecified atom stereocenters. The number of nitrogens with one attached hydrogen (secondary N) is 1. The van der Waals surface area contributed by atoms with Gasteiger partial charge >= 0.3 is 0 Å². The number of nitrogens with two attached hydrogens (primary N) is 1. The van der Waals surface area contributed by atoms with Crippen molar-refractivity contribution in [3.8, 4) is 5.69 Å². The third-order valence-electron chi connectivity index (χ3n) is 3.66. The average Bonchev–Trinajstić information content (AvgIpc) is 3.06. The van der Waals surface area contributed by atoms with E-state index in [1.54, 1.807) is 12.5 Å². The lowest BCUT2D eigenvalue weighted by atomic mass is 10.1. The Labute approximate surface area is 111 Å². The van der Waals surface area contributed by atoms with E-state index in [2.05, 4.69) is 10.3 Å². The molecule has 5 nitrogen and oxygen atoms in total. The maximum Gasteiger partial charge on any atom is 0.231 e. The Bertz CT molecular complexity index is 587. The number of hydrogen-bond donors (Lipinski definition) is 2.